The molecule has 1 N–H and O–H groups in total. The Labute approximate surface area is 109 Å². The van der Waals surface area contributed by atoms with Crippen LogP contribution in [0.1, 0.15) is 38.5 Å². The van der Waals surface area contributed by atoms with Crippen LogP contribution in [0, 0.1) is 23.2 Å². The van der Waals surface area contributed by atoms with Crippen LogP contribution >= 0.6 is 0 Å². The van der Waals surface area contributed by atoms with Crippen LogP contribution in [0.3, 0.4) is 0 Å². The van der Waals surface area contributed by atoms with Gasteiger partial charge >= 0.3 is 0 Å². The van der Waals surface area contributed by atoms with Crippen LogP contribution in [-0.4, -0.2) is 37.0 Å². The Kier molecular flexibility index (Phi) is 2.48. The van der Waals surface area contributed by atoms with Gasteiger partial charge in [-0.15, -0.1) is 0 Å². The van der Waals surface area contributed by atoms with Crippen LogP contribution in [0.4, 0.5) is 0 Å². The molecule has 2 aliphatic heterocycles. The molecule has 2 heterocycles. The van der Waals surface area contributed by atoms with Gasteiger partial charge in [0.1, 0.15) is 0 Å². The highest BCUT2D eigenvalue weighted by Gasteiger charge is 2.52. The van der Waals surface area contributed by atoms with Crippen molar-refractivity contribution in [2.45, 2.75) is 38.5 Å². The first-order valence-corrected chi connectivity index (χ1v) is 7.77. The summed E-state index contributed by atoms with van der Waals surface area (Å²) in [5, 5.41) is 3.49. The number of carbonyl (C=O) groups is 1. The summed E-state index contributed by atoms with van der Waals surface area (Å²) in [6.07, 6.45) is 7.77. The summed E-state index contributed by atoms with van der Waals surface area (Å²) in [4.78, 5) is 14.6. The number of carbonyl (C=O) groups excluding carboxylic acids is 1. The van der Waals surface area contributed by atoms with Gasteiger partial charge in [-0.1, -0.05) is 0 Å². The molecule has 0 radical (unpaired) electrons. The molecule has 2 atom stereocenters. The molecule has 100 valence electrons. The zero-order valence-electron chi connectivity index (χ0n) is 11.2. The molecule has 0 aromatic carbocycles. The Hall–Kier alpha value is -0.570. The average Bonchev–Trinajstić information content (AvgIpc) is 3.28. The van der Waals surface area contributed by atoms with Crippen molar-refractivity contribution in [1.29, 1.82) is 0 Å². The van der Waals surface area contributed by atoms with Gasteiger partial charge in [0.15, 0.2) is 0 Å². The summed E-state index contributed by atoms with van der Waals surface area (Å²) in [6.45, 7) is 4.41. The van der Waals surface area contributed by atoms with Crippen molar-refractivity contribution in [3.63, 3.8) is 0 Å². The van der Waals surface area contributed by atoms with Crippen LogP contribution in [-0.2, 0) is 4.79 Å². The Balaban J connectivity index is 1.32. The van der Waals surface area contributed by atoms with Crippen LogP contribution in [0.2, 0.25) is 0 Å². The third-order valence-electron chi connectivity index (χ3n) is 5.85. The predicted molar refractivity (Wildman–Crippen MR) is 70.1 cm³/mol. The van der Waals surface area contributed by atoms with Gasteiger partial charge in [-0.25, -0.2) is 0 Å². The second-order valence-electron chi connectivity index (χ2n) is 7.10. The second-order valence-corrected chi connectivity index (χ2v) is 7.10. The van der Waals surface area contributed by atoms with E-state index in [1.165, 1.54) is 51.6 Å². The molecule has 0 aromatic rings. The predicted octanol–water partition coefficient (Wildman–Crippen LogP) is 1.63. The minimum atomic E-state index is 0.424. The highest BCUT2D eigenvalue weighted by atomic mass is 16.2. The molecule has 3 heteroatoms. The number of hydrogen-bond donors (Lipinski definition) is 1. The van der Waals surface area contributed by atoms with E-state index in [-0.39, 0.29) is 0 Å². The van der Waals surface area contributed by atoms with Gasteiger partial charge in [-0.3, -0.25) is 4.79 Å². The normalized spacial score (nSPS) is 38.1. The lowest BCUT2D eigenvalue weighted by molar-refractivity contribution is -0.135. The summed E-state index contributed by atoms with van der Waals surface area (Å²) in [6, 6.07) is 0. The lowest BCUT2D eigenvalue weighted by atomic mass is 9.78. The van der Waals surface area contributed by atoms with E-state index >= 15 is 0 Å². The van der Waals surface area contributed by atoms with E-state index in [1.54, 1.807) is 0 Å². The molecule has 4 rings (SSSR count). The molecule has 2 aliphatic carbocycles. The zero-order valence-corrected chi connectivity index (χ0v) is 11.2. The highest BCUT2D eigenvalue weighted by Crippen LogP contribution is 2.55. The Morgan fingerprint density at radius 2 is 1.94 bits per heavy atom. The maximum Gasteiger partial charge on any atom is 0.225 e. The van der Waals surface area contributed by atoms with Crippen LogP contribution in [0.15, 0.2) is 0 Å². The van der Waals surface area contributed by atoms with Crippen molar-refractivity contribution >= 4 is 5.91 Å². The topological polar surface area (TPSA) is 32.3 Å². The Morgan fingerprint density at radius 1 is 1.17 bits per heavy atom. The van der Waals surface area contributed by atoms with Gasteiger partial charge in [0.05, 0.1) is 0 Å². The van der Waals surface area contributed by atoms with E-state index in [4.69, 9.17) is 0 Å². The second kappa shape index (κ2) is 3.96. The summed E-state index contributed by atoms with van der Waals surface area (Å²) in [5.74, 6) is 2.62. The standard InChI is InChI=1S/C15H24N2O/c18-14(13-9-12(13)11-1-2-11)17-7-4-15(5-8-17)3-6-16-10-15/h11-13,16H,1-10H2. The summed E-state index contributed by atoms with van der Waals surface area (Å²) >= 11 is 0. The van der Waals surface area contributed by atoms with Crippen molar-refractivity contribution in [3.8, 4) is 0 Å². The molecule has 3 nitrogen and oxygen atoms in total. The first kappa shape index (κ1) is 11.3. The van der Waals surface area contributed by atoms with Crippen molar-refractivity contribution in [2.75, 3.05) is 26.2 Å². The fourth-order valence-corrected chi connectivity index (χ4v) is 4.20. The SMILES string of the molecule is O=C(C1CC1C1CC1)N1CCC2(CCNC2)CC1. The fraction of sp³-hybridized carbons (Fsp3) is 0.933. The van der Waals surface area contributed by atoms with Gasteiger partial charge in [0, 0.05) is 25.6 Å². The van der Waals surface area contributed by atoms with Crippen LogP contribution in [0.5, 0.6) is 0 Å². The Bertz CT molecular complexity index is 348. The number of amides is 1. The van der Waals surface area contributed by atoms with E-state index < -0.39 is 0 Å². The third kappa shape index (κ3) is 1.87. The van der Waals surface area contributed by atoms with E-state index in [9.17, 15) is 4.79 Å². The van der Waals surface area contributed by atoms with E-state index in [1.807, 2.05) is 0 Å². The van der Waals surface area contributed by atoms with Crippen molar-refractivity contribution in [2.24, 2.45) is 23.2 Å². The molecule has 4 aliphatic rings. The zero-order chi connectivity index (χ0) is 12.2. The van der Waals surface area contributed by atoms with Crippen LogP contribution in [0.25, 0.3) is 0 Å². The van der Waals surface area contributed by atoms with Gasteiger partial charge < -0.3 is 10.2 Å². The minimum Gasteiger partial charge on any atom is -0.342 e. The molecule has 2 unspecified atom stereocenters. The minimum absolute atomic E-state index is 0.424. The number of hydrogen-bond acceptors (Lipinski definition) is 2. The Morgan fingerprint density at radius 3 is 2.56 bits per heavy atom. The van der Waals surface area contributed by atoms with Gasteiger partial charge in [-0.05, 0) is 62.3 Å². The summed E-state index contributed by atoms with van der Waals surface area (Å²) in [7, 11) is 0. The maximum atomic E-state index is 12.4. The number of rotatable bonds is 2. The lowest BCUT2D eigenvalue weighted by Crippen LogP contribution is -2.44. The van der Waals surface area contributed by atoms with Gasteiger partial charge in [0.2, 0.25) is 5.91 Å². The molecule has 2 saturated carbocycles. The molecule has 2 saturated heterocycles. The highest BCUT2D eigenvalue weighted by molar-refractivity contribution is 5.82. The molecule has 4 fully saturated rings. The number of piperidine rings is 1. The molecule has 1 amide bonds. The summed E-state index contributed by atoms with van der Waals surface area (Å²) < 4.78 is 0. The molecular formula is C15H24N2O. The van der Waals surface area contributed by atoms with Crippen molar-refractivity contribution < 1.29 is 4.79 Å². The largest absolute Gasteiger partial charge is 0.342 e. The number of nitrogens with zero attached hydrogens (tertiary/aromatic N) is 1. The smallest absolute Gasteiger partial charge is 0.225 e. The third-order valence-corrected chi connectivity index (χ3v) is 5.85. The number of likely N-dealkylation sites (tertiary alicyclic amines) is 1. The van der Waals surface area contributed by atoms with Crippen LogP contribution < -0.4 is 5.32 Å². The maximum absolute atomic E-state index is 12.4. The van der Waals surface area contributed by atoms with E-state index in [0.717, 1.165) is 24.9 Å². The van der Waals surface area contributed by atoms with Crippen molar-refractivity contribution in [1.82, 2.24) is 10.2 Å². The monoisotopic (exact) mass is 248 g/mol. The van der Waals surface area contributed by atoms with E-state index in [0.29, 0.717) is 17.2 Å². The quantitative estimate of drug-likeness (QED) is 0.805. The molecule has 0 aromatic heterocycles. The van der Waals surface area contributed by atoms with Crippen molar-refractivity contribution in [3.05, 3.63) is 0 Å². The molecule has 0 bridgehead atoms. The van der Waals surface area contributed by atoms with Gasteiger partial charge in [-0.2, -0.15) is 0 Å². The number of nitrogens with one attached hydrogen (secondary N) is 1. The lowest BCUT2D eigenvalue weighted by Gasteiger charge is -2.39. The molecule has 1 spiro atoms. The average molecular weight is 248 g/mol. The fourth-order valence-electron chi connectivity index (χ4n) is 4.20. The first-order valence-electron chi connectivity index (χ1n) is 7.77. The summed E-state index contributed by atoms with van der Waals surface area (Å²) in [5.41, 5.74) is 0.538. The molecular weight excluding hydrogens is 224 g/mol. The molecule has 18 heavy (non-hydrogen) atoms. The first-order chi connectivity index (χ1) is 8.77. The van der Waals surface area contributed by atoms with Gasteiger partial charge in [0.25, 0.3) is 0 Å². The van der Waals surface area contributed by atoms with E-state index in [2.05, 4.69) is 10.2 Å².